The van der Waals surface area contributed by atoms with Crippen LogP contribution in [0.3, 0.4) is 0 Å². The van der Waals surface area contributed by atoms with Crippen LogP contribution in [-0.4, -0.2) is 0 Å². The van der Waals surface area contributed by atoms with E-state index in [2.05, 4.69) is 112 Å². The number of aryl methyl sites for hydroxylation is 2. The first kappa shape index (κ1) is 19.0. The Kier molecular flexibility index (Phi) is 4.76. The van der Waals surface area contributed by atoms with Crippen LogP contribution >= 0.6 is 15.9 Å². The third-order valence-corrected chi connectivity index (χ3v) is 7.65. The summed E-state index contributed by atoms with van der Waals surface area (Å²) in [5, 5.41) is 0. The minimum atomic E-state index is 0.475. The number of rotatable bonds is 0. The highest BCUT2D eigenvalue weighted by Crippen LogP contribution is 2.44. The van der Waals surface area contributed by atoms with Gasteiger partial charge in [-0.05, 0) is 65.3 Å². The van der Waals surface area contributed by atoms with Gasteiger partial charge in [-0.2, -0.15) is 4.57 Å². The van der Waals surface area contributed by atoms with Crippen LogP contribution in [0.15, 0.2) is 95.6 Å². The molecule has 4 aromatic rings. The molecule has 6 rings (SSSR count). The Labute approximate surface area is 192 Å². The normalized spacial score (nSPS) is 19.3. The van der Waals surface area contributed by atoms with Gasteiger partial charge in [-0.25, -0.2) is 0 Å². The van der Waals surface area contributed by atoms with E-state index >= 15 is 0 Å². The second kappa shape index (κ2) is 7.76. The topological polar surface area (TPSA) is 3.88 Å². The standard InChI is InChI=1S/C29H25BrN/c30-22-14-16-25-26-15-12-20-7-1-3-9-23(20)24-10-4-2-8-21(24)13-17-29(26)31-18-6-5-11-28(31)27(25)19-22/h1-11,14,16,18-19,26,29H,12-13,15,17H2/q+1. The average Bonchev–Trinajstić information content (AvgIpc) is 2.82. The van der Waals surface area contributed by atoms with E-state index in [0.717, 1.165) is 23.7 Å². The lowest BCUT2D eigenvalue weighted by atomic mass is 9.76. The molecule has 3 aromatic carbocycles. The SMILES string of the molecule is Brc1ccc2c(c1)-c1cccc[n+]1C1CCc3ccccc3-c3ccccc3CCC21. The van der Waals surface area contributed by atoms with Crippen LogP contribution in [0, 0.1) is 0 Å². The van der Waals surface area contributed by atoms with Crippen molar-refractivity contribution in [3.63, 3.8) is 0 Å². The molecular formula is C29H25BrN+. The molecule has 0 N–H and O–H groups in total. The summed E-state index contributed by atoms with van der Waals surface area (Å²) in [6.45, 7) is 0. The van der Waals surface area contributed by atoms with E-state index in [9.17, 15) is 0 Å². The highest BCUT2D eigenvalue weighted by Gasteiger charge is 2.39. The van der Waals surface area contributed by atoms with Gasteiger partial charge in [0, 0.05) is 28.9 Å². The predicted molar refractivity (Wildman–Crippen MR) is 130 cm³/mol. The Morgan fingerprint density at radius 2 is 1.35 bits per heavy atom. The molecule has 0 bridgehead atoms. The van der Waals surface area contributed by atoms with Crippen molar-refractivity contribution in [3.05, 3.63) is 112 Å². The number of halogens is 1. The summed E-state index contributed by atoms with van der Waals surface area (Å²) in [5.41, 5.74) is 9.98. The molecule has 0 spiro atoms. The second-order valence-corrected chi connectivity index (χ2v) is 9.71. The molecule has 0 saturated heterocycles. The molecule has 0 fully saturated rings. The molecule has 1 aliphatic heterocycles. The quantitative estimate of drug-likeness (QED) is 0.239. The highest BCUT2D eigenvalue weighted by molar-refractivity contribution is 9.10. The third-order valence-electron chi connectivity index (χ3n) is 7.16. The van der Waals surface area contributed by atoms with Gasteiger partial charge in [-0.1, -0.05) is 70.5 Å². The fraction of sp³-hybridized carbons (Fsp3) is 0.207. The molecule has 2 unspecified atom stereocenters. The number of fused-ring (bicyclic) bond motifs is 9. The first-order valence-corrected chi connectivity index (χ1v) is 12.0. The van der Waals surface area contributed by atoms with Gasteiger partial charge in [0.2, 0.25) is 5.69 Å². The summed E-state index contributed by atoms with van der Waals surface area (Å²) >= 11 is 3.71. The van der Waals surface area contributed by atoms with E-state index in [1.54, 1.807) is 0 Å². The summed E-state index contributed by atoms with van der Waals surface area (Å²) in [5.74, 6) is 0.515. The van der Waals surface area contributed by atoms with Gasteiger partial charge < -0.3 is 0 Å². The summed E-state index contributed by atoms with van der Waals surface area (Å²) in [6, 6.07) is 32.0. The summed E-state index contributed by atoms with van der Waals surface area (Å²) in [7, 11) is 0. The highest BCUT2D eigenvalue weighted by atomic mass is 79.9. The number of hydrogen-bond acceptors (Lipinski definition) is 0. The van der Waals surface area contributed by atoms with Crippen molar-refractivity contribution in [3.8, 4) is 22.4 Å². The van der Waals surface area contributed by atoms with Crippen molar-refractivity contribution < 1.29 is 4.57 Å². The van der Waals surface area contributed by atoms with Gasteiger partial charge in [-0.3, -0.25) is 0 Å². The van der Waals surface area contributed by atoms with Crippen molar-refractivity contribution in [2.45, 2.75) is 37.6 Å². The lowest BCUT2D eigenvalue weighted by molar-refractivity contribution is -0.719. The molecule has 0 saturated carbocycles. The fourth-order valence-corrected chi connectivity index (χ4v) is 6.11. The molecule has 152 valence electrons. The molecule has 0 radical (unpaired) electrons. The van der Waals surface area contributed by atoms with Gasteiger partial charge in [-0.15, -0.1) is 0 Å². The van der Waals surface area contributed by atoms with Gasteiger partial charge in [0.25, 0.3) is 0 Å². The monoisotopic (exact) mass is 466 g/mol. The smallest absolute Gasteiger partial charge is 0.195 e. The maximum Gasteiger partial charge on any atom is 0.213 e. The Morgan fingerprint density at radius 1 is 0.677 bits per heavy atom. The lowest BCUT2D eigenvalue weighted by Gasteiger charge is -2.32. The van der Waals surface area contributed by atoms with Crippen LogP contribution in [0.4, 0.5) is 0 Å². The minimum absolute atomic E-state index is 0.475. The molecule has 2 heteroatoms. The first-order valence-electron chi connectivity index (χ1n) is 11.3. The summed E-state index contributed by atoms with van der Waals surface area (Å²) < 4.78 is 3.70. The van der Waals surface area contributed by atoms with Gasteiger partial charge >= 0.3 is 0 Å². The van der Waals surface area contributed by atoms with Gasteiger partial charge in [0.15, 0.2) is 12.2 Å². The maximum atomic E-state index is 3.71. The van der Waals surface area contributed by atoms with Crippen molar-refractivity contribution >= 4 is 15.9 Å². The predicted octanol–water partition coefficient (Wildman–Crippen LogP) is 7.29. The largest absolute Gasteiger partial charge is 0.213 e. The van der Waals surface area contributed by atoms with E-state index in [1.807, 2.05) is 0 Å². The fourth-order valence-electron chi connectivity index (χ4n) is 5.75. The van der Waals surface area contributed by atoms with Crippen molar-refractivity contribution in [1.29, 1.82) is 0 Å². The molecule has 1 nitrogen and oxygen atoms in total. The zero-order valence-electron chi connectivity index (χ0n) is 17.5. The molecule has 2 aliphatic rings. The second-order valence-electron chi connectivity index (χ2n) is 8.79. The Bertz CT molecular complexity index is 1280. The number of benzene rings is 3. The Balaban J connectivity index is 1.53. The van der Waals surface area contributed by atoms with Crippen LogP contribution < -0.4 is 4.57 Å². The minimum Gasteiger partial charge on any atom is -0.195 e. The lowest BCUT2D eigenvalue weighted by Crippen LogP contribution is -2.47. The molecular weight excluding hydrogens is 442 g/mol. The third kappa shape index (κ3) is 3.25. The van der Waals surface area contributed by atoms with E-state index in [1.165, 1.54) is 45.5 Å². The molecule has 2 atom stereocenters. The molecule has 1 aliphatic carbocycles. The van der Waals surface area contributed by atoms with Crippen LogP contribution in [-0.2, 0) is 12.8 Å². The van der Waals surface area contributed by atoms with Crippen LogP contribution in [0.25, 0.3) is 22.4 Å². The van der Waals surface area contributed by atoms with Crippen molar-refractivity contribution in [1.82, 2.24) is 0 Å². The van der Waals surface area contributed by atoms with E-state index in [-0.39, 0.29) is 0 Å². The zero-order chi connectivity index (χ0) is 20.8. The van der Waals surface area contributed by atoms with Gasteiger partial charge in [0.05, 0.1) is 5.56 Å². The Morgan fingerprint density at radius 3 is 2.13 bits per heavy atom. The number of nitrogens with zero attached hydrogens (tertiary/aromatic N) is 1. The summed E-state index contributed by atoms with van der Waals surface area (Å²) in [4.78, 5) is 0. The molecule has 1 aromatic heterocycles. The number of hydrogen-bond donors (Lipinski definition) is 0. The molecule has 2 heterocycles. The van der Waals surface area contributed by atoms with Crippen LogP contribution in [0.1, 0.15) is 41.5 Å². The summed E-state index contributed by atoms with van der Waals surface area (Å²) in [6.07, 6.45) is 6.81. The number of aromatic nitrogens is 1. The van der Waals surface area contributed by atoms with Crippen molar-refractivity contribution in [2.24, 2.45) is 0 Å². The number of pyridine rings is 1. The van der Waals surface area contributed by atoms with Crippen LogP contribution in [0.5, 0.6) is 0 Å². The van der Waals surface area contributed by atoms with E-state index in [0.29, 0.717) is 12.0 Å². The first-order chi connectivity index (χ1) is 15.3. The zero-order valence-corrected chi connectivity index (χ0v) is 19.1. The van der Waals surface area contributed by atoms with E-state index < -0.39 is 0 Å². The molecule has 31 heavy (non-hydrogen) atoms. The van der Waals surface area contributed by atoms with Crippen LogP contribution in [0.2, 0.25) is 0 Å². The van der Waals surface area contributed by atoms with Crippen molar-refractivity contribution in [2.75, 3.05) is 0 Å². The molecule has 0 amide bonds. The average molecular weight is 467 g/mol. The maximum absolute atomic E-state index is 3.71. The van der Waals surface area contributed by atoms with E-state index in [4.69, 9.17) is 0 Å². The van der Waals surface area contributed by atoms with Gasteiger partial charge in [0.1, 0.15) is 0 Å². The Hall–Kier alpha value is -2.71.